The second-order valence-corrected chi connectivity index (χ2v) is 5.98. The van der Waals surface area contributed by atoms with Crippen molar-refractivity contribution in [1.29, 1.82) is 0 Å². The molecular formula is C20H22N2O8. The van der Waals surface area contributed by atoms with Gasteiger partial charge < -0.3 is 24.3 Å². The van der Waals surface area contributed by atoms with Gasteiger partial charge in [-0.1, -0.05) is 6.07 Å². The highest BCUT2D eigenvalue weighted by molar-refractivity contribution is 5.99. The monoisotopic (exact) mass is 418 g/mol. The molecule has 0 aliphatic rings. The van der Waals surface area contributed by atoms with Gasteiger partial charge in [0.05, 0.1) is 31.8 Å². The first-order valence-corrected chi connectivity index (χ1v) is 8.95. The molecule has 0 heterocycles. The molecule has 1 atom stereocenters. The fraction of sp³-hybridized carbons (Fsp3) is 0.300. The van der Waals surface area contributed by atoms with Crippen LogP contribution in [0.3, 0.4) is 0 Å². The van der Waals surface area contributed by atoms with Crippen LogP contribution in [0.25, 0.3) is 0 Å². The lowest BCUT2D eigenvalue weighted by Crippen LogP contribution is -2.30. The van der Waals surface area contributed by atoms with Crippen molar-refractivity contribution in [3.8, 4) is 17.2 Å². The smallest absolute Gasteiger partial charge is 0.346 e. The van der Waals surface area contributed by atoms with E-state index in [2.05, 4.69) is 5.32 Å². The first kappa shape index (κ1) is 22.5. The molecule has 1 amide bonds. The van der Waals surface area contributed by atoms with Crippen molar-refractivity contribution >= 4 is 23.3 Å². The number of carbonyl (C=O) groups excluding carboxylic acids is 2. The SMILES string of the molecule is CCOc1cc([N+](=O)[O-])c(C(=O)O[C@H](C)C(=O)Nc2cccc(OC)c2)cc1OC. The zero-order valence-electron chi connectivity index (χ0n) is 17.0. The van der Waals surface area contributed by atoms with Crippen LogP contribution in [0.5, 0.6) is 17.2 Å². The van der Waals surface area contributed by atoms with Gasteiger partial charge in [-0.15, -0.1) is 0 Å². The third-order valence-corrected chi connectivity index (χ3v) is 3.99. The fourth-order valence-electron chi connectivity index (χ4n) is 2.51. The van der Waals surface area contributed by atoms with E-state index in [0.717, 1.165) is 12.1 Å². The molecule has 160 valence electrons. The van der Waals surface area contributed by atoms with E-state index in [9.17, 15) is 19.7 Å². The second-order valence-electron chi connectivity index (χ2n) is 5.98. The minimum Gasteiger partial charge on any atom is -0.497 e. The van der Waals surface area contributed by atoms with Crippen LogP contribution in [0.2, 0.25) is 0 Å². The van der Waals surface area contributed by atoms with Crippen LogP contribution in [0, 0.1) is 10.1 Å². The highest BCUT2D eigenvalue weighted by Gasteiger charge is 2.28. The average Bonchev–Trinajstić information content (AvgIpc) is 2.73. The molecule has 0 aliphatic heterocycles. The maximum Gasteiger partial charge on any atom is 0.346 e. The van der Waals surface area contributed by atoms with Gasteiger partial charge in [-0.25, -0.2) is 4.79 Å². The molecule has 2 aromatic rings. The Morgan fingerprint density at radius 1 is 1.13 bits per heavy atom. The lowest BCUT2D eigenvalue weighted by Gasteiger charge is -2.15. The minimum atomic E-state index is -1.22. The zero-order chi connectivity index (χ0) is 22.3. The Hall–Kier alpha value is -3.82. The van der Waals surface area contributed by atoms with Gasteiger partial charge in [0.15, 0.2) is 17.6 Å². The predicted octanol–water partition coefficient (Wildman–Crippen LogP) is 3.19. The summed E-state index contributed by atoms with van der Waals surface area (Å²) in [6, 6.07) is 8.85. The molecule has 0 radical (unpaired) electrons. The summed E-state index contributed by atoms with van der Waals surface area (Å²) in [4.78, 5) is 35.6. The van der Waals surface area contributed by atoms with E-state index in [1.165, 1.54) is 21.1 Å². The molecule has 10 nitrogen and oxygen atoms in total. The Labute approximate surface area is 172 Å². The van der Waals surface area contributed by atoms with Crippen molar-refractivity contribution in [3.63, 3.8) is 0 Å². The summed E-state index contributed by atoms with van der Waals surface area (Å²) in [5, 5.41) is 14.0. The molecule has 10 heteroatoms. The molecule has 0 saturated carbocycles. The van der Waals surface area contributed by atoms with Gasteiger partial charge in [-0.3, -0.25) is 14.9 Å². The summed E-state index contributed by atoms with van der Waals surface area (Å²) in [6.45, 7) is 3.31. The number of carbonyl (C=O) groups is 2. The molecular weight excluding hydrogens is 396 g/mol. The van der Waals surface area contributed by atoms with Gasteiger partial charge in [0.25, 0.3) is 11.6 Å². The number of esters is 1. The van der Waals surface area contributed by atoms with Gasteiger partial charge in [0, 0.05) is 17.8 Å². The van der Waals surface area contributed by atoms with Crippen molar-refractivity contribution in [3.05, 3.63) is 52.1 Å². The van der Waals surface area contributed by atoms with Crippen LogP contribution in [0.4, 0.5) is 11.4 Å². The van der Waals surface area contributed by atoms with E-state index in [4.69, 9.17) is 18.9 Å². The number of amides is 1. The molecule has 2 rings (SSSR count). The first-order chi connectivity index (χ1) is 14.3. The van der Waals surface area contributed by atoms with E-state index in [-0.39, 0.29) is 23.7 Å². The van der Waals surface area contributed by atoms with Crippen LogP contribution in [0.1, 0.15) is 24.2 Å². The van der Waals surface area contributed by atoms with E-state index in [1.807, 2.05) is 0 Å². The van der Waals surface area contributed by atoms with Gasteiger partial charge in [0.1, 0.15) is 11.3 Å². The Kier molecular flexibility index (Phi) is 7.56. The summed E-state index contributed by atoms with van der Waals surface area (Å²) in [6.07, 6.45) is -1.22. The average molecular weight is 418 g/mol. The van der Waals surface area contributed by atoms with Gasteiger partial charge in [0.2, 0.25) is 0 Å². The molecule has 1 N–H and O–H groups in total. The lowest BCUT2D eigenvalue weighted by molar-refractivity contribution is -0.385. The number of benzene rings is 2. The summed E-state index contributed by atoms with van der Waals surface area (Å²) in [5.41, 5.74) is -0.443. The van der Waals surface area contributed by atoms with Crippen LogP contribution >= 0.6 is 0 Å². The Morgan fingerprint density at radius 2 is 1.87 bits per heavy atom. The number of nitro benzene ring substituents is 1. The number of nitrogens with one attached hydrogen (secondary N) is 1. The minimum absolute atomic E-state index is 0.118. The highest BCUT2D eigenvalue weighted by atomic mass is 16.6. The van der Waals surface area contributed by atoms with Crippen molar-refractivity contribution in [1.82, 2.24) is 0 Å². The van der Waals surface area contributed by atoms with E-state index in [0.29, 0.717) is 11.4 Å². The molecule has 0 aromatic heterocycles. The lowest BCUT2D eigenvalue weighted by atomic mass is 10.1. The standard InChI is InChI=1S/C20H22N2O8/c1-5-29-18-11-16(22(25)26)15(10-17(18)28-4)20(24)30-12(2)19(23)21-13-7-6-8-14(9-13)27-3/h6-12H,5H2,1-4H3,(H,21,23)/t12-/m1/s1. The number of hydrogen-bond acceptors (Lipinski definition) is 8. The van der Waals surface area contributed by atoms with E-state index >= 15 is 0 Å². The summed E-state index contributed by atoms with van der Waals surface area (Å²) in [5.74, 6) is -0.877. The number of ether oxygens (including phenoxy) is 4. The fourth-order valence-corrected chi connectivity index (χ4v) is 2.51. The summed E-state index contributed by atoms with van der Waals surface area (Å²) < 4.78 is 20.6. The molecule has 2 aromatic carbocycles. The molecule has 30 heavy (non-hydrogen) atoms. The summed E-state index contributed by atoms with van der Waals surface area (Å²) in [7, 11) is 2.83. The zero-order valence-corrected chi connectivity index (χ0v) is 17.0. The highest BCUT2D eigenvalue weighted by Crippen LogP contribution is 2.35. The maximum atomic E-state index is 12.6. The third-order valence-electron chi connectivity index (χ3n) is 3.99. The first-order valence-electron chi connectivity index (χ1n) is 8.95. The Balaban J connectivity index is 2.20. The largest absolute Gasteiger partial charge is 0.497 e. The number of rotatable bonds is 9. The Morgan fingerprint density at radius 3 is 2.47 bits per heavy atom. The number of methoxy groups -OCH3 is 2. The molecule has 0 bridgehead atoms. The predicted molar refractivity (Wildman–Crippen MR) is 107 cm³/mol. The normalized spacial score (nSPS) is 11.2. The summed E-state index contributed by atoms with van der Waals surface area (Å²) >= 11 is 0. The topological polar surface area (TPSA) is 126 Å². The van der Waals surface area contributed by atoms with Crippen molar-refractivity contribution in [2.45, 2.75) is 20.0 Å². The molecule has 0 aliphatic carbocycles. The van der Waals surface area contributed by atoms with Gasteiger partial charge in [-0.2, -0.15) is 0 Å². The number of anilines is 1. The Bertz CT molecular complexity index is 944. The molecule has 0 unspecified atom stereocenters. The van der Waals surface area contributed by atoms with Crippen LogP contribution in [0.15, 0.2) is 36.4 Å². The molecule has 0 fully saturated rings. The van der Waals surface area contributed by atoms with Crippen LogP contribution in [-0.2, 0) is 9.53 Å². The van der Waals surface area contributed by atoms with Gasteiger partial charge >= 0.3 is 5.97 Å². The van der Waals surface area contributed by atoms with E-state index < -0.39 is 28.6 Å². The van der Waals surface area contributed by atoms with E-state index in [1.54, 1.807) is 31.2 Å². The quantitative estimate of drug-likeness (QED) is 0.374. The molecule has 0 saturated heterocycles. The number of nitro groups is 1. The van der Waals surface area contributed by atoms with Crippen molar-refractivity contribution in [2.75, 3.05) is 26.1 Å². The maximum absolute atomic E-state index is 12.6. The third kappa shape index (κ3) is 5.37. The molecule has 0 spiro atoms. The van der Waals surface area contributed by atoms with Crippen molar-refractivity contribution in [2.24, 2.45) is 0 Å². The van der Waals surface area contributed by atoms with Gasteiger partial charge in [-0.05, 0) is 26.0 Å². The van der Waals surface area contributed by atoms with Crippen LogP contribution in [-0.4, -0.2) is 43.7 Å². The second kappa shape index (κ2) is 10.1. The van der Waals surface area contributed by atoms with Crippen molar-refractivity contribution < 1.29 is 33.5 Å². The number of hydrogen-bond donors (Lipinski definition) is 1. The number of nitrogens with zero attached hydrogens (tertiary/aromatic N) is 1. The van der Waals surface area contributed by atoms with Crippen LogP contribution < -0.4 is 19.5 Å².